The Kier molecular flexibility index (Phi) is 4.39. The van der Waals surface area contributed by atoms with E-state index in [0.717, 1.165) is 40.5 Å². The number of thiophene rings is 1. The van der Waals surface area contributed by atoms with Gasteiger partial charge in [0.15, 0.2) is 0 Å². The zero-order valence-electron chi connectivity index (χ0n) is 14.1. The SMILES string of the molecule is Cc1nc(C)c(C(=O)N2CCCC(c3nnc(-c4ccsc4)o3)C2)s1. The molecule has 0 radical (unpaired) electrons. The highest BCUT2D eigenvalue weighted by Crippen LogP contribution is 2.30. The molecule has 6 nitrogen and oxygen atoms in total. The highest BCUT2D eigenvalue weighted by molar-refractivity contribution is 7.13. The quantitative estimate of drug-likeness (QED) is 0.695. The normalized spacial score (nSPS) is 17.8. The topological polar surface area (TPSA) is 72.1 Å². The molecule has 4 rings (SSSR count). The Hall–Kier alpha value is -2.06. The lowest BCUT2D eigenvalue weighted by atomic mass is 9.98. The molecule has 1 saturated heterocycles. The number of carbonyl (C=O) groups excluding carboxylic acids is 1. The van der Waals surface area contributed by atoms with Crippen molar-refractivity contribution in [3.8, 4) is 11.5 Å². The van der Waals surface area contributed by atoms with Crippen LogP contribution in [-0.4, -0.2) is 39.1 Å². The van der Waals surface area contributed by atoms with E-state index in [1.165, 1.54) is 11.3 Å². The molecule has 0 N–H and O–H groups in total. The van der Waals surface area contributed by atoms with Crippen molar-refractivity contribution >= 4 is 28.6 Å². The summed E-state index contributed by atoms with van der Waals surface area (Å²) < 4.78 is 5.87. The summed E-state index contributed by atoms with van der Waals surface area (Å²) in [6.07, 6.45) is 1.89. The number of likely N-dealkylation sites (tertiary alicyclic amines) is 1. The molecule has 0 aliphatic carbocycles. The largest absolute Gasteiger partial charge is 0.420 e. The van der Waals surface area contributed by atoms with Gasteiger partial charge < -0.3 is 9.32 Å². The van der Waals surface area contributed by atoms with E-state index >= 15 is 0 Å². The number of rotatable bonds is 3. The maximum Gasteiger partial charge on any atom is 0.265 e. The third-order valence-corrected chi connectivity index (χ3v) is 6.11. The van der Waals surface area contributed by atoms with E-state index in [1.807, 2.05) is 35.6 Å². The summed E-state index contributed by atoms with van der Waals surface area (Å²) in [6.45, 7) is 5.19. The molecule has 1 fully saturated rings. The number of nitrogens with zero attached hydrogens (tertiary/aromatic N) is 4. The van der Waals surface area contributed by atoms with Gasteiger partial charge in [-0.3, -0.25) is 4.79 Å². The number of piperidine rings is 1. The van der Waals surface area contributed by atoms with Crippen molar-refractivity contribution in [3.63, 3.8) is 0 Å². The van der Waals surface area contributed by atoms with Crippen molar-refractivity contribution in [1.29, 1.82) is 0 Å². The Morgan fingerprint density at radius 3 is 2.96 bits per heavy atom. The minimum atomic E-state index is 0.0605. The molecular weight excluding hydrogens is 356 g/mol. The lowest BCUT2D eigenvalue weighted by molar-refractivity contribution is 0.0702. The van der Waals surface area contributed by atoms with Gasteiger partial charge in [-0.1, -0.05) is 0 Å². The van der Waals surface area contributed by atoms with E-state index in [9.17, 15) is 4.79 Å². The summed E-state index contributed by atoms with van der Waals surface area (Å²) in [5, 5.41) is 13.3. The van der Waals surface area contributed by atoms with Crippen LogP contribution in [0.1, 0.15) is 45.0 Å². The first kappa shape index (κ1) is 16.4. The molecule has 1 unspecified atom stereocenters. The van der Waals surface area contributed by atoms with Crippen LogP contribution in [0.25, 0.3) is 11.5 Å². The maximum atomic E-state index is 12.8. The van der Waals surface area contributed by atoms with Gasteiger partial charge in [0.1, 0.15) is 4.88 Å². The van der Waals surface area contributed by atoms with Gasteiger partial charge in [-0.05, 0) is 38.1 Å². The van der Waals surface area contributed by atoms with Crippen LogP contribution in [-0.2, 0) is 0 Å². The van der Waals surface area contributed by atoms with Gasteiger partial charge in [-0.2, -0.15) is 11.3 Å². The molecule has 4 heterocycles. The first-order chi connectivity index (χ1) is 12.1. The lowest BCUT2D eigenvalue weighted by Gasteiger charge is -2.30. The van der Waals surface area contributed by atoms with Crippen LogP contribution in [0.5, 0.6) is 0 Å². The summed E-state index contributed by atoms with van der Waals surface area (Å²) in [4.78, 5) is 19.8. The Bertz CT molecular complexity index is 884. The lowest BCUT2D eigenvalue weighted by Crippen LogP contribution is -2.39. The number of carbonyl (C=O) groups is 1. The molecule has 1 atom stereocenters. The highest BCUT2D eigenvalue weighted by atomic mass is 32.1. The van der Waals surface area contributed by atoms with Gasteiger partial charge >= 0.3 is 0 Å². The Labute approximate surface area is 153 Å². The fourth-order valence-corrected chi connectivity index (χ4v) is 4.66. The van der Waals surface area contributed by atoms with Crippen molar-refractivity contribution in [2.45, 2.75) is 32.6 Å². The standard InChI is InChI=1S/C17H18N4O2S2/c1-10-14(25-11(2)18-10)17(22)21-6-3-4-12(8-21)15-19-20-16(23-15)13-5-7-24-9-13/h5,7,9,12H,3-4,6,8H2,1-2H3. The van der Waals surface area contributed by atoms with E-state index in [0.29, 0.717) is 18.3 Å². The smallest absolute Gasteiger partial charge is 0.265 e. The maximum absolute atomic E-state index is 12.8. The highest BCUT2D eigenvalue weighted by Gasteiger charge is 2.30. The average molecular weight is 374 g/mol. The van der Waals surface area contributed by atoms with Gasteiger partial charge in [0.05, 0.1) is 16.6 Å². The molecule has 1 aliphatic rings. The van der Waals surface area contributed by atoms with Crippen molar-refractivity contribution in [2.75, 3.05) is 13.1 Å². The molecule has 8 heteroatoms. The molecule has 0 spiro atoms. The second-order valence-electron chi connectivity index (χ2n) is 6.20. The second kappa shape index (κ2) is 6.68. The van der Waals surface area contributed by atoms with E-state index in [-0.39, 0.29) is 11.8 Å². The van der Waals surface area contributed by atoms with Gasteiger partial charge in [0.2, 0.25) is 11.8 Å². The minimum absolute atomic E-state index is 0.0605. The van der Waals surface area contributed by atoms with Crippen molar-refractivity contribution in [1.82, 2.24) is 20.1 Å². The molecule has 3 aromatic heterocycles. The van der Waals surface area contributed by atoms with Crippen molar-refractivity contribution in [3.05, 3.63) is 38.3 Å². The number of thiazole rings is 1. The van der Waals surface area contributed by atoms with Crippen LogP contribution in [0.4, 0.5) is 0 Å². The Morgan fingerprint density at radius 2 is 2.24 bits per heavy atom. The number of hydrogen-bond donors (Lipinski definition) is 0. The van der Waals surface area contributed by atoms with E-state index in [1.54, 1.807) is 11.3 Å². The summed E-state index contributed by atoms with van der Waals surface area (Å²) in [6, 6.07) is 1.97. The van der Waals surface area contributed by atoms with Crippen molar-refractivity contribution in [2.24, 2.45) is 0 Å². The zero-order chi connectivity index (χ0) is 17.4. The fourth-order valence-electron chi connectivity index (χ4n) is 3.14. The molecule has 25 heavy (non-hydrogen) atoms. The summed E-state index contributed by atoms with van der Waals surface area (Å²) in [5.41, 5.74) is 1.76. The molecule has 0 bridgehead atoms. The monoisotopic (exact) mass is 374 g/mol. The molecule has 3 aromatic rings. The fraction of sp³-hybridized carbons (Fsp3) is 0.412. The molecular formula is C17H18N4O2S2. The molecule has 130 valence electrons. The predicted octanol–water partition coefficient (Wildman–Crippen LogP) is 3.89. The van der Waals surface area contributed by atoms with Gasteiger partial charge in [0.25, 0.3) is 5.91 Å². The van der Waals surface area contributed by atoms with Gasteiger partial charge in [-0.25, -0.2) is 4.98 Å². The van der Waals surface area contributed by atoms with Crippen LogP contribution < -0.4 is 0 Å². The first-order valence-corrected chi connectivity index (χ1v) is 9.97. The average Bonchev–Trinajstić information content (AvgIpc) is 3.34. The number of aryl methyl sites for hydroxylation is 2. The number of aromatic nitrogens is 3. The molecule has 1 aliphatic heterocycles. The van der Waals surface area contributed by atoms with Crippen LogP contribution in [0, 0.1) is 13.8 Å². The molecule has 0 saturated carbocycles. The van der Waals surface area contributed by atoms with Gasteiger partial charge in [0, 0.05) is 24.0 Å². The van der Waals surface area contributed by atoms with E-state index in [4.69, 9.17) is 4.42 Å². The van der Waals surface area contributed by atoms with E-state index in [2.05, 4.69) is 15.2 Å². The Balaban J connectivity index is 1.51. The second-order valence-corrected chi connectivity index (χ2v) is 8.18. The number of amides is 1. The summed E-state index contributed by atoms with van der Waals surface area (Å²) >= 11 is 3.06. The predicted molar refractivity (Wildman–Crippen MR) is 97.1 cm³/mol. The number of hydrogen-bond acceptors (Lipinski definition) is 7. The Morgan fingerprint density at radius 1 is 1.36 bits per heavy atom. The van der Waals surface area contributed by atoms with Crippen LogP contribution in [0.15, 0.2) is 21.2 Å². The first-order valence-electron chi connectivity index (χ1n) is 8.21. The molecule has 1 amide bonds. The van der Waals surface area contributed by atoms with Crippen LogP contribution >= 0.6 is 22.7 Å². The summed E-state index contributed by atoms with van der Waals surface area (Å²) in [7, 11) is 0. The minimum Gasteiger partial charge on any atom is -0.420 e. The van der Waals surface area contributed by atoms with Crippen LogP contribution in [0.2, 0.25) is 0 Å². The van der Waals surface area contributed by atoms with Crippen molar-refractivity contribution < 1.29 is 9.21 Å². The zero-order valence-corrected chi connectivity index (χ0v) is 15.7. The summed E-state index contributed by atoms with van der Waals surface area (Å²) in [5.74, 6) is 1.32. The van der Waals surface area contributed by atoms with E-state index < -0.39 is 0 Å². The third-order valence-electron chi connectivity index (χ3n) is 4.36. The van der Waals surface area contributed by atoms with Crippen LogP contribution in [0.3, 0.4) is 0 Å². The third kappa shape index (κ3) is 3.23. The molecule has 0 aromatic carbocycles. The van der Waals surface area contributed by atoms with Gasteiger partial charge in [-0.15, -0.1) is 21.5 Å².